The van der Waals surface area contributed by atoms with E-state index in [1.807, 2.05) is 24.3 Å². The van der Waals surface area contributed by atoms with Crippen LogP contribution in [0.1, 0.15) is 10.9 Å². The normalized spacial score (nSPS) is 20.1. The molecule has 0 spiro atoms. The second kappa shape index (κ2) is 5.66. The molecule has 2 nitrogen and oxygen atoms in total. The summed E-state index contributed by atoms with van der Waals surface area (Å²) in [6.45, 7) is 0. The van der Waals surface area contributed by atoms with Crippen molar-refractivity contribution >= 4 is 35.0 Å². The van der Waals surface area contributed by atoms with Crippen LogP contribution in [0.4, 0.5) is 14.5 Å². The van der Waals surface area contributed by atoms with E-state index in [9.17, 15) is 13.6 Å². The summed E-state index contributed by atoms with van der Waals surface area (Å²) < 4.78 is 26.4. The number of amides is 1. The molecule has 108 valence electrons. The van der Waals surface area contributed by atoms with Gasteiger partial charge < -0.3 is 5.32 Å². The fourth-order valence-corrected chi connectivity index (χ4v) is 3.87. The number of hydrogen-bond donors (Lipinski definition) is 1. The Kier molecular flexibility index (Phi) is 3.87. The summed E-state index contributed by atoms with van der Waals surface area (Å²) in [5.41, 5.74) is 0.839. The third kappa shape index (κ3) is 2.76. The molecular formula is C15H10ClF2NOS. The smallest absolute Gasteiger partial charge is 0.239 e. The highest BCUT2D eigenvalue weighted by Crippen LogP contribution is 2.47. The van der Waals surface area contributed by atoms with Crippen molar-refractivity contribution < 1.29 is 13.6 Å². The predicted molar refractivity (Wildman–Crippen MR) is 79.7 cm³/mol. The van der Waals surface area contributed by atoms with Gasteiger partial charge in [-0.2, -0.15) is 0 Å². The average Bonchev–Trinajstić information content (AvgIpc) is 2.80. The standard InChI is InChI=1S/C15H10ClF2NOS/c16-13-9-3-1-2-4-12(9)21-14(13)15(20)19-11-6-5-8(17)7-10(11)18/h1-7,13-14H,(H,19,20). The molecule has 21 heavy (non-hydrogen) atoms. The Balaban J connectivity index is 1.78. The zero-order valence-corrected chi connectivity index (χ0v) is 12.2. The third-order valence-corrected chi connectivity index (χ3v) is 5.19. The molecule has 0 saturated carbocycles. The van der Waals surface area contributed by atoms with E-state index in [2.05, 4.69) is 5.32 Å². The first-order chi connectivity index (χ1) is 10.1. The van der Waals surface area contributed by atoms with Crippen LogP contribution in [0.3, 0.4) is 0 Å². The molecule has 2 aromatic rings. The predicted octanol–water partition coefficient (Wildman–Crippen LogP) is 4.36. The summed E-state index contributed by atoms with van der Waals surface area (Å²) >= 11 is 7.64. The topological polar surface area (TPSA) is 29.1 Å². The third-order valence-electron chi connectivity index (χ3n) is 3.18. The molecule has 0 saturated heterocycles. The van der Waals surface area contributed by atoms with Crippen LogP contribution in [0, 0.1) is 11.6 Å². The maximum absolute atomic E-state index is 13.6. The van der Waals surface area contributed by atoms with Gasteiger partial charge in [0, 0.05) is 11.0 Å². The summed E-state index contributed by atoms with van der Waals surface area (Å²) in [4.78, 5) is 13.2. The first-order valence-corrected chi connectivity index (χ1v) is 7.53. The molecule has 1 heterocycles. The number of thioether (sulfide) groups is 1. The van der Waals surface area contributed by atoms with Crippen LogP contribution in [-0.4, -0.2) is 11.2 Å². The van der Waals surface area contributed by atoms with Gasteiger partial charge >= 0.3 is 0 Å². The van der Waals surface area contributed by atoms with Crippen molar-refractivity contribution in [3.05, 3.63) is 59.7 Å². The Hall–Kier alpha value is -1.59. The van der Waals surface area contributed by atoms with Gasteiger partial charge in [-0.1, -0.05) is 18.2 Å². The van der Waals surface area contributed by atoms with Crippen LogP contribution in [-0.2, 0) is 4.79 Å². The van der Waals surface area contributed by atoms with Crippen LogP contribution in [0.15, 0.2) is 47.4 Å². The molecule has 0 aliphatic carbocycles. The molecule has 0 fully saturated rings. The minimum Gasteiger partial charge on any atom is -0.323 e. The second-order valence-electron chi connectivity index (χ2n) is 4.59. The van der Waals surface area contributed by atoms with Crippen molar-refractivity contribution in [3.8, 4) is 0 Å². The van der Waals surface area contributed by atoms with Crippen LogP contribution in [0.5, 0.6) is 0 Å². The minimum absolute atomic E-state index is 0.0539. The van der Waals surface area contributed by atoms with E-state index in [0.717, 1.165) is 22.6 Å². The highest BCUT2D eigenvalue weighted by atomic mass is 35.5. The Morgan fingerprint density at radius 1 is 1.19 bits per heavy atom. The number of halogens is 3. The van der Waals surface area contributed by atoms with E-state index < -0.39 is 28.2 Å². The van der Waals surface area contributed by atoms with E-state index in [1.165, 1.54) is 17.8 Å². The maximum atomic E-state index is 13.6. The molecule has 2 unspecified atom stereocenters. The van der Waals surface area contributed by atoms with Gasteiger partial charge in [0.25, 0.3) is 0 Å². The molecule has 1 N–H and O–H groups in total. The molecule has 1 amide bonds. The molecule has 0 bridgehead atoms. The summed E-state index contributed by atoms with van der Waals surface area (Å²) in [6, 6.07) is 10.5. The van der Waals surface area contributed by atoms with Gasteiger partial charge in [0.1, 0.15) is 16.9 Å². The summed E-state index contributed by atoms with van der Waals surface area (Å²) in [5, 5.41) is 1.43. The van der Waals surface area contributed by atoms with Gasteiger partial charge in [0.2, 0.25) is 5.91 Å². The fourth-order valence-electron chi connectivity index (χ4n) is 2.16. The number of anilines is 1. The number of fused-ring (bicyclic) bond motifs is 1. The number of benzene rings is 2. The number of alkyl halides is 1. The Bertz CT molecular complexity index is 710. The average molecular weight is 326 g/mol. The van der Waals surface area contributed by atoms with Crippen LogP contribution < -0.4 is 5.32 Å². The quantitative estimate of drug-likeness (QED) is 0.831. The number of nitrogens with one attached hydrogen (secondary N) is 1. The summed E-state index contributed by atoms with van der Waals surface area (Å²) in [5.74, 6) is -1.90. The number of hydrogen-bond acceptors (Lipinski definition) is 2. The van der Waals surface area contributed by atoms with Gasteiger partial charge in [0.15, 0.2) is 0 Å². The van der Waals surface area contributed by atoms with Crippen molar-refractivity contribution in [2.24, 2.45) is 0 Å². The maximum Gasteiger partial charge on any atom is 0.239 e. The van der Waals surface area contributed by atoms with Gasteiger partial charge in [0.05, 0.1) is 11.1 Å². The van der Waals surface area contributed by atoms with Crippen molar-refractivity contribution in [3.63, 3.8) is 0 Å². The highest BCUT2D eigenvalue weighted by molar-refractivity contribution is 8.01. The lowest BCUT2D eigenvalue weighted by Crippen LogP contribution is -2.26. The molecule has 0 aromatic heterocycles. The molecule has 3 rings (SSSR count). The molecule has 6 heteroatoms. The van der Waals surface area contributed by atoms with E-state index >= 15 is 0 Å². The van der Waals surface area contributed by atoms with Gasteiger partial charge in [-0.15, -0.1) is 23.4 Å². The summed E-state index contributed by atoms with van der Waals surface area (Å²) in [6.07, 6.45) is 0. The summed E-state index contributed by atoms with van der Waals surface area (Å²) in [7, 11) is 0. The Morgan fingerprint density at radius 2 is 1.95 bits per heavy atom. The lowest BCUT2D eigenvalue weighted by Gasteiger charge is -2.14. The van der Waals surface area contributed by atoms with Crippen LogP contribution >= 0.6 is 23.4 Å². The largest absolute Gasteiger partial charge is 0.323 e. The van der Waals surface area contributed by atoms with Gasteiger partial charge in [-0.3, -0.25) is 4.79 Å². The van der Waals surface area contributed by atoms with Crippen LogP contribution in [0.25, 0.3) is 0 Å². The first-order valence-electron chi connectivity index (χ1n) is 6.22. The van der Waals surface area contributed by atoms with E-state index in [-0.39, 0.29) is 5.69 Å². The van der Waals surface area contributed by atoms with Gasteiger partial charge in [-0.25, -0.2) is 8.78 Å². The zero-order chi connectivity index (χ0) is 15.0. The monoisotopic (exact) mass is 325 g/mol. The van der Waals surface area contributed by atoms with Crippen molar-refractivity contribution in [1.82, 2.24) is 0 Å². The lowest BCUT2D eigenvalue weighted by atomic mass is 10.1. The molecular weight excluding hydrogens is 316 g/mol. The molecule has 2 atom stereocenters. The van der Waals surface area contributed by atoms with Gasteiger partial charge in [-0.05, 0) is 23.8 Å². The minimum atomic E-state index is -0.810. The number of carbonyl (C=O) groups is 1. The SMILES string of the molecule is O=C(Nc1ccc(F)cc1F)C1Sc2ccccc2C1Cl. The second-order valence-corrected chi connectivity index (χ2v) is 6.25. The van der Waals surface area contributed by atoms with Crippen molar-refractivity contribution in [2.75, 3.05) is 5.32 Å². The molecule has 2 aromatic carbocycles. The van der Waals surface area contributed by atoms with E-state index in [0.29, 0.717) is 0 Å². The van der Waals surface area contributed by atoms with E-state index in [4.69, 9.17) is 11.6 Å². The van der Waals surface area contributed by atoms with E-state index in [1.54, 1.807) is 0 Å². The number of carbonyl (C=O) groups excluding carboxylic acids is 1. The van der Waals surface area contributed by atoms with Crippen molar-refractivity contribution in [2.45, 2.75) is 15.5 Å². The highest BCUT2D eigenvalue weighted by Gasteiger charge is 2.37. The molecule has 1 aliphatic rings. The zero-order valence-electron chi connectivity index (χ0n) is 10.6. The number of rotatable bonds is 2. The lowest BCUT2D eigenvalue weighted by molar-refractivity contribution is -0.115. The molecule has 0 radical (unpaired) electrons. The van der Waals surface area contributed by atoms with Crippen LogP contribution in [0.2, 0.25) is 0 Å². The fraction of sp³-hybridized carbons (Fsp3) is 0.133. The first kappa shape index (κ1) is 14.4. The van der Waals surface area contributed by atoms with Crippen molar-refractivity contribution in [1.29, 1.82) is 0 Å². The Labute approximate surface area is 129 Å². The molecule has 1 aliphatic heterocycles. The Morgan fingerprint density at radius 3 is 2.67 bits per heavy atom.